The number of aryl methyl sites for hydroxylation is 1. The summed E-state index contributed by atoms with van der Waals surface area (Å²) in [7, 11) is 1.59. The van der Waals surface area contributed by atoms with E-state index in [1.165, 1.54) is 22.8 Å². The molecule has 0 radical (unpaired) electrons. The standard InChI is InChI=1S/C55H64ClFN10O8S/c1-31(34-12-14-35(15-13-34)49-32(2)59-30-76-49)60-52(73)43-26-38(70)28-67(43)53(74)50(55(4,5)6)61-44(71)29-75-23-22-64(7)45(72)16-17-58-54-62-48-41(51(63-54)66-20-18-65(19-21-66)33(3)68)27-42(56)46(47(48)57)40-25-37(69)24-36-10-8-9-11-39(36)40/h8-15,24-25,27,30-31,38,43,50,69-70H,16-23,26,28-29H2,1-7H3,(H,60,73)(H,61,71)(H,58,62,63)/t31-,38+,43-,50+/m0/s1. The lowest BCUT2D eigenvalue weighted by atomic mass is 9.85. The quantitative estimate of drug-likeness (QED) is 0.0602. The zero-order chi connectivity index (χ0) is 54.6. The van der Waals surface area contributed by atoms with Crippen molar-refractivity contribution < 1.29 is 43.3 Å². The molecule has 6 aromatic rings. The highest BCUT2D eigenvalue weighted by Crippen LogP contribution is 2.42. The Morgan fingerprint density at radius 3 is 2.39 bits per heavy atom. The number of amides is 5. The second-order valence-corrected chi connectivity index (χ2v) is 21.7. The molecule has 4 aromatic carbocycles. The van der Waals surface area contributed by atoms with Gasteiger partial charge in [0.25, 0.3) is 0 Å². The van der Waals surface area contributed by atoms with Crippen LogP contribution < -0.4 is 20.9 Å². The van der Waals surface area contributed by atoms with Crippen LogP contribution in [0.3, 0.4) is 0 Å². The van der Waals surface area contributed by atoms with Crippen molar-refractivity contribution in [3.05, 3.63) is 94.3 Å². The third-order valence-electron chi connectivity index (χ3n) is 13.9. The minimum absolute atomic E-state index is 0.00371. The number of thiazole rings is 1. The van der Waals surface area contributed by atoms with Gasteiger partial charge in [0.15, 0.2) is 5.82 Å². The molecule has 0 spiro atoms. The van der Waals surface area contributed by atoms with E-state index in [4.69, 9.17) is 21.3 Å². The maximum absolute atomic E-state index is 17.0. The summed E-state index contributed by atoms with van der Waals surface area (Å²) in [4.78, 5) is 87.9. The topological polar surface area (TPSA) is 223 Å². The lowest BCUT2D eigenvalue weighted by Gasteiger charge is -2.35. The number of carbonyl (C=O) groups excluding carboxylic acids is 5. The van der Waals surface area contributed by atoms with E-state index in [-0.39, 0.29) is 78.7 Å². The molecular formula is C55H64ClFN10O8S. The van der Waals surface area contributed by atoms with Crippen molar-refractivity contribution in [3.8, 4) is 27.3 Å². The number of carbonyl (C=O) groups is 5. The van der Waals surface area contributed by atoms with Crippen LogP contribution in [0.5, 0.6) is 5.75 Å². The fraction of sp³-hybridized carbons (Fsp3) is 0.418. The van der Waals surface area contributed by atoms with Gasteiger partial charge in [0, 0.05) is 83.6 Å². The Bertz CT molecular complexity index is 3150. The van der Waals surface area contributed by atoms with Gasteiger partial charge in [-0.05, 0) is 64.9 Å². The van der Waals surface area contributed by atoms with E-state index in [0.717, 1.165) is 21.7 Å². The molecule has 402 valence electrons. The van der Waals surface area contributed by atoms with Crippen molar-refractivity contribution in [1.82, 2.24) is 40.3 Å². The number of aromatic hydroxyl groups is 1. The first kappa shape index (κ1) is 55.2. The second-order valence-electron chi connectivity index (χ2n) is 20.4. The van der Waals surface area contributed by atoms with E-state index in [2.05, 4.69) is 25.9 Å². The smallest absolute Gasteiger partial charge is 0.246 e. The first-order valence-corrected chi connectivity index (χ1v) is 26.5. The van der Waals surface area contributed by atoms with E-state index in [0.29, 0.717) is 53.7 Å². The van der Waals surface area contributed by atoms with Gasteiger partial charge >= 0.3 is 0 Å². The van der Waals surface area contributed by atoms with Gasteiger partial charge in [-0.15, -0.1) is 11.3 Å². The summed E-state index contributed by atoms with van der Waals surface area (Å²) in [6.07, 6.45) is -0.897. The summed E-state index contributed by atoms with van der Waals surface area (Å²) in [5, 5.41) is 32.0. The molecule has 5 amide bonds. The molecule has 18 nitrogen and oxygen atoms in total. The minimum atomic E-state index is -1.06. The average Bonchev–Trinajstić information content (AvgIpc) is 4.01. The van der Waals surface area contributed by atoms with E-state index < -0.39 is 59.8 Å². The van der Waals surface area contributed by atoms with E-state index in [1.807, 2.05) is 67.3 Å². The van der Waals surface area contributed by atoms with Gasteiger partial charge in [-0.25, -0.2) is 14.4 Å². The molecule has 2 aliphatic heterocycles. The zero-order valence-electron chi connectivity index (χ0n) is 43.7. The molecule has 0 saturated carbocycles. The maximum Gasteiger partial charge on any atom is 0.246 e. The third kappa shape index (κ3) is 12.5. The van der Waals surface area contributed by atoms with Crippen LogP contribution in [0.2, 0.25) is 5.02 Å². The first-order valence-electron chi connectivity index (χ1n) is 25.2. The van der Waals surface area contributed by atoms with Gasteiger partial charge in [-0.2, -0.15) is 4.98 Å². The number of halogens is 2. The Balaban J connectivity index is 0.857. The Labute approximate surface area is 449 Å². The predicted molar refractivity (Wildman–Crippen MR) is 291 cm³/mol. The summed E-state index contributed by atoms with van der Waals surface area (Å²) in [6.45, 7) is 12.1. The zero-order valence-corrected chi connectivity index (χ0v) is 45.2. The van der Waals surface area contributed by atoms with Crippen LogP contribution in [0.25, 0.3) is 43.2 Å². The number of likely N-dealkylation sites (tertiary alicyclic amines) is 1. The number of ether oxygens (including phenoxy) is 1. The van der Waals surface area contributed by atoms with Gasteiger partial charge in [-0.1, -0.05) is 80.9 Å². The summed E-state index contributed by atoms with van der Waals surface area (Å²) < 4.78 is 22.7. The van der Waals surface area contributed by atoms with Crippen LogP contribution >= 0.6 is 22.9 Å². The number of aromatic nitrogens is 3. The van der Waals surface area contributed by atoms with Crippen molar-refractivity contribution in [1.29, 1.82) is 0 Å². The molecule has 2 saturated heterocycles. The number of phenols is 1. The number of piperazine rings is 1. The number of hydrogen-bond acceptors (Lipinski definition) is 14. The number of benzene rings is 4. The predicted octanol–water partition coefficient (Wildman–Crippen LogP) is 6.70. The molecule has 0 bridgehead atoms. The van der Waals surface area contributed by atoms with Gasteiger partial charge in [-0.3, -0.25) is 24.0 Å². The number of fused-ring (bicyclic) bond motifs is 2. The fourth-order valence-corrected chi connectivity index (χ4v) is 10.8. The van der Waals surface area contributed by atoms with Gasteiger partial charge in [0.05, 0.1) is 39.9 Å². The minimum Gasteiger partial charge on any atom is -0.508 e. The van der Waals surface area contributed by atoms with Crippen molar-refractivity contribution in [3.63, 3.8) is 0 Å². The highest BCUT2D eigenvalue weighted by molar-refractivity contribution is 7.13. The van der Waals surface area contributed by atoms with Crippen LogP contribution in [0.4, 0.5) is 16.2 Å². The number of nitrogens with one attached hydrogen (secondary N) is 3. The lowest BCUT2D eigenvalue weighted by Crippen LogP contribution is -2.58. The number of nitrogens with zero attached hydrogens (tertiary/aromatic N) is 7. The van der Waals surface area contributed by atoms with Crippen LogP contribution in [0, 0.1) is 18.2 Å². The second kappa shape index (κ2) is 23.5. The molecule has 76 heavy (non-hydrogen) atoms. The highest BCUT2D eigenvalue weighted by atomic mass is 35.5. The Hall–Kier alpha value is -7.00. The molecule has 4 heterocycles. The van der Waals surface area contributed by atoms with E-state index in [9.17, 15) is 34.2 Å². The molecule has 2 aliphatic rings. The summed E-state index contributed by atoms with van der Waals surface area (Å²) >= 11 is 8.43. The van der Waals surface area contributed by atoms with Crippen molar-refractivity contribution in [2.24, 2.45) is 5.41 Å². The van der Waals surface area contributed by atoms with Crippen molar-refractivity contribution >= 4 is 85.9 Å². The Kier molecular flexibility index (Phi) is 17.1. The molecule has 4 atom stereocenters. The molecule has 0 unspecified atom stereocenters. The van der Waals surface area contributed by atoms with Crippen LogP contribution in [0.15, 0.2) is 72.2 Å². The number of aliphatic hydroxyl groups is 1. The fourth-order valence-electron chi connectivity index (χ4n) is 9.66. The summed E-state index contributed by atoms with van der Waals surface area (Å²) in [5.41, 5.74) is 4.26. The number of rotatable bonds is 17. The molecular weight excluding hydrogens is 1020 g/mol. The van der Waals surface area contributed by atoms with Gasteiger partial charge < -0.3 is 50.5 Å². The SMILES string of the molecule is CC(=O)N1CCN(c2nc(NCCC(=O)N(C)CCOCC(=O)N[C@H](C(=O)N3C[C@H](O)C[C@H]3C(=O)N[C@@H](C)c3ccc(-c4scnc4C)cc3)C(C)(C)C)nc3c(F)c(-c4cc(O)cc5ccccc45)c(Cl)cc23)CC1. The van der Waals surface area contributed by atoms with E-state index >= 15 is 4.39 Å². The number of β-amino-alcohol motifs (C(OH)–C–C–N with tert-alkyl or cyclic N) is 1. The van der Waals surface area contributed by atoms with Crippen molar-refractivity contribution in [2.75, 3.05) is 76.3 Å². The van der Waals surface area contributed by atoms with Crippen LogP contribution in [-0.2, 0) is 28.7 Å². The first-order chi connectivity index (χ1) is 36.2. The largest absolute Gasteiger partial charge is 0.508 e. The van der Waals surface area contributed by atoms with Crippen LogP contribution in [-0.4, -0.2) is 154 Å². The molecule has 2 aromatic heterocycles. The monoisotopic (exact) mass is 1080 g/mol. The van der Waals surface area contributed by atoms with Crippen LogP contribution in [0.1, 0.15) is 64.8 Å². The summed E-state index contributed by atoms with van der Waals surface area (Å²) in [6, 6.07) is 17.4. The lowest BCUT2D eigenvalue weighted by molar-refractivity contribution is -0.144. The number of likely N-dealkylation sites (N-methyl/N-ethyl adjacent to an activating group) is 1. The molecule has 0 aliphatic carbocycles. The average molecular weight is 1080 g/mol. The highest BCUT2D eigenvalue weighted by Gasteiger charge is 2.45. The molecule has 5 N–H and O–H groups in total. The number of aliphatic hydroxyl groups excluding tert-OH is 1. The Morgan fingerprint density at radius 1 is 0.987 bits per heavy atom. The number of hydrogen-bond donors (Lipinski definition) is 5. The maximum atomic E-state index is 17.0. The number of anilines is 2. The third-order valence-corrected chi connectivity index (χ3v) is 15.2. The molecule has 8 rings (SSSR count). The van der Waals surface area contributed by atoms with E-state index in [1.54, 1.807) is 61.7 Å². The van der Waals surface area contributed by atoms with Crippen molar-refractivity contribution in [2.45, 2.75) is 78.6 Å². The number of phenolic OH excluding ortho intramolecular Hbond substituents is 1. The van der Waals surface area contributed by atoms with Gasteiger partial charge in [0.2, 0.25) is 35.5 Å². The Morgan fingerprint density at radius 2 is 1.71 bits per heavy atom. The normalized spacial score (nSPS) is 16.7. The summed E-state index contributed by atoms with van der Waals surface area (Å²) in [5.74, 6) is -2.13. The van der Waals surface area contributed by atoms with Gasteiger partial charge in [0.1, 0.15) is 35.8 Å². The molecule has 21 heteroatoms. The molecule has 2 fully saturated rings.